The number of likely N-dealkylation sites (tertiary alicyclic amines) is 1. The summed E-state index contributed by atoms with van der Waals surface area (Å²) in [4.78, 5) is 17.6. The van der Waals surface area contributed by atoms with Crippen molar-refractivity contribution in [3.8, 4) is 22.5 Å². The Hall–Kier alpha value is -3.16. The maximum Gasteiger partial charge on any atom is 0.270 e. The van der Waals surface area contributed by atoms with E-state index in [0.29, 0.717) is 22.7 Å². The Kier molecular flexibility index (Phi) is 5.08. The molecule has 152 valence electrons. The molecule has 0 spiro atoms. The second-order valence-electron chi connectivity index (χ2n) is 7.36. The van der Waals surface area contributed by atoms with E-state index in [2.05, 4.69) is 22.4 Å². The van der Waals surface area contributed by atoms with Crippen LogP contribution in [-0.2, 0) is 0 Å². The monoisotopic (exact) mass is 400 g/mol. The van der Waals surface area contributed by atoms with E-state index in [9.17, 15) is 13.6 Å². The number of halogens is 2. The maximum absolute atomic E-state index is 14.4. The fourth-order valence-corrected chi connectivity index (χ4v) is 3.64. The maximum atomic E-state index is 14.4. The lowest BCUT2D eigenvalue weighted by molar-refractivity contribution is 0.0692. The largest absolute Gasteiger partial charge is 0.370 e. The lowest BCUT2D eigenvalue weighted by Gasteiger charge is -2.29. The third-order valence-electron chi connectivity index (χ3n) is 5.40. The van der Waals surface area contributed by atoms with E-state index in [0.717, 1.165) is 32.0 Å². The average Bonchev–Trinajstić information content (AvgIpc) is 3.37. The number of carbonyl (C=O) groups excluding carboxylic acids is 1. The van der Waals surface area contributed by atoms with E-state index in [1.165, 1.54) is 12.1 Å². The molecule has 29 heavy (non-hydrogen) atoms. The number of anilines is 1. The molecular weight excluding hydrogens is 378 g/mol. The van der Waals surface area contributed by atoms with Crippen LogP contribution in [0.2, 0.25) is 0 Å². The van der Waals surface area contributed by atoms with Crippen LogP contribution >= 0.6 is 0 Å². The molecule has 0 aliphatic carbocycles. The first-order valence-electron chi connectivity index (χ1n) is 9.59. The van der Waals surface area contributed by atoms with Gasteiger partial charge in [0, 0.05) is 37.5 Å². The third-order valence-corrected chi connectivity index (χ3v) is 5.40. The van der Waals surface area contributed by atoms with Crippen LogP contribution < -0.4 is 5.32 Å². The Morgan fingerprint density at radius 2 is 2.07 bits per heavy atom. The Balaban J connectivity index is 1.69. The Labute approximate surface area is 166 Å². The van der Waals surface area contributed by atoms with Gasteiger partial charge in [0.15, 0.2) is 23.2 Å². The topological polar surface area (TPSA) is 74.2 Å². The fraction of sp³-hybridized carbons (Fsp3) is 0.333. The molecule has 6 nitrogen and oxygen atoms in total. The van der Waals surface area contributed by atoms with Crippen LogP contribution in [0, 0.1) is 17.6 Å². The number of benzene rings is 1. The first-order chi connectivity index (χ1) is 14.0. The highest BCUT2D eigenvalue weighted by molar-refractivity contribution is 5.95. The van der Waals surface area contributed by atoms with Crippen molar-refractivity contribution in [1.29, 1.82) is 0 Å². The number of amides is 1. The van der Waals surface area contributed by atoms with E-state index >= 15 is 0 Å². The second kappa shape index (κ2) is 7.69. The van der Waals surface area contributed by atoms with E-state index in [4.69, 9.17) is 4.52 Å². The van der Waals surface area contributed by atoms with Crippen molar-refractivity contribution >= 4 is 11.7 Å². The smallest absolute Gasteiger partial charge is 0.270 e. The zero-order chi connectivity index (χ0) is 20.5. The number of aromatic amines is 1. The predicted molar refractivity (Wildman–Crippen MR) is 105 cm³/mol. The lowest BCUT2D eigenvalue weighted by atomic mass is 9.99. The van der Waals surface area contributed by atoms with Gasteiger partial charge in [-0.05, 0) is 30.9 Å². The zero-order valence-corrected chi connectivity index (χ0v) is 16.3. The summed E-state index contributed by atoms with van der Waals surface area (Å²) in [5, 5.41) is 6.76. The zero-order valence-electron chi connectivity index (χ0n) is 16.3. The summed E-state index contributed by atoms with van der Waals surface area (Å²) in [7, 11) is 1.62. The molecule has 0 unspecified atom stereocenters. The van der Waals surface area contributed by atoms with Gasteiger partial charge in [0.05, 0.1) is 5.56 Å². The average molecular weight is 400 g/mol. The summed E-state index contributed by atoms with van der Waals surface area (Å²) in [5.41, 5.74) is 1.29. The molecule has 2 aromatic heterocycles. The van der Waals surface area contributed by atoms with Crippen LogP contribution in [0.4, 0.5) is 14.6 Å². The van der Waals surface area contributed by atoms with Gasteiger partial charge in [-0.3, -0.25) is 4.79 Å². The highest BCUT2D eigenvalue weighted by Gasteiger charge is 2.26. The van der Waals surface area contributed by atoms with Gasteiger partial charge in [-0.25, -0.2) is 8.78 Å². The van der Waals surface area contributed by atoms with Gasteiger partial charge >= 0.3 is 0 Å². The van der Waals surface area contributed by atoms with Crippen LogP contribution in [0.1, 0.15) is 30.3 Å². The number of aromatic nitrogens is 2. The molecule has 4 rings (SSSR count). The van der Waals surface area contributed by atoms with Crippen molar-refractivity contribution in [2.75, 3.05) is 25.5 Å². The SMILES string of the molecule is CNc1noc(-c2c[nH]c(C(=O)N3CCC(C)CC3)c2)c1-c1cccc(F)c1F. The van der Waals surface area contributed by atoms with Crippen molar-refractivity contribution in [3.63, 3.8) is 0 Å². The van der Waals surface area contributed by atoms with E-state index in [1.54, 1.807) is 19.3 Å². The van der Waals surface area contributed by atoms with Crippen molar-refractivity contribution in [2.24, 2.45) is 5.92 Å². The second-order valence-corrected chi connectivity index (χ2v) is 7.36. The minimum absolute atomic E-state index is 0.0321. The summed E-state index contributed by atoms with van der Waals surface area (Å²) in [6, 6.07) is 5.59. The van der Waals surface area contributed by atoms with Crippen LogP contribution in [0.5, 0.6) is 0 Å². The third kappa shape index (κ3) is 3.50. The molecule has 1 amide bonds. The van der Waals surface area contributed by atoms with E-state index in [-0.39, 0.29) is 23.0 Å². The van der Waals surface area contributed by atoms with Crippen LogP contribution in [0.15, 0.2) is 35.0 Å². The Morgan fingerprint density at radius 1 is 1.31 bits per heavy atom. The van der Waals surface area contributed by atoms with Gasteiger partial charge in [-0.15, -0.1) is 0 Å². The van der Waals surface area contributed by atoms with Gasteiger partial charge in [-0.2, -0.15) is 0 Å². The quantitative estimate of drug-likeness (QED) is 0.675. The minimum Gasteiger partial charge on any atom is -0.370 e. The first kappa shape index (κ1) is 19.2. The molecule has 1 aromatic carbocycles. The van der Waals surface area contributed by atoms with E-state index < -0.39 is 11.6 Å². The molecule has 0 atom stereocenters. The van der Waals surface area contributed by atoms with Crippen molar-refractivity contribution in [1.82, 2.24) is 15.0 Å². The van der Waals surface area contributed by atoms with Crippen LogP contribution in [0.25, 0.3) is 22.5 Å². The Morgan fingerprint density at radius 3 is 2.79 bits per heavy atom. The molecule has 0 bridgehead atoms. The number of nitrogens with one attached hydrogen (secondary N) is 2. The lowest BCUT2D eigenvalue weighted by Crippen LogP contribution is -2.38. The van der Waals surface area contributed by atoms with Gasteiger partial charge in [-0.1, -0.05) is 24.2 Å². The highest BCUT2D eigenvalue weighted by atomic mass is 19.2. The van der Waals surface area contributed by atoms with Crippen LogP contribution in [0.3, 0.4) is 0 Å². The molecule has 0 saturated carbocycles. The molecule has 8 heteroatoms. The molecule has 0 radical (unpaired) electrons. The molecule has 3 aromatic rings. The summed E-state index contributed by atoms with van der Waals surface area (Å²) in [6.07, 6.45) is 3.58. The summed E-state index contributed by atoms with van der Waals surface area (Å²) in [6.45, 7) is 3.63. The number of rotatable bonds is 4. The summed E-state index contributed by atoms with van der Waals surface area (Å²) < 4.78 is 33.7. The number of H-pyrrole nitrogens is 1. The number of piperidine rings is 1. The number of hydrogen-bond donors (Lipinski definition) is 2. The molecule has 1 fully saturated rings. The number of carbonyl (C=O) groups is 1. The molecule has 3 heterocycles. The minimum atomic E-state index is -0.984. The standard InChI is InChI=1S/C21H22F2N4O2/c1-12-6-8-27(9-7-12)21(28)16-10-13(11-25-16)19-17(20(24-2)26-29-19)14-4-3-5-15(22)18(14)23/h3-5,10-12,25H,6-9H2,1-2H3,(H,24,26). The number of nitrogens with zero attached hydrogens (tertiary/aromatic N) is 2. The fourth-order valence-electron chi connectivity index (χ4n) is 3.64. The van der Waals surface area contributed by atoms with Crippen molar-refractivity contribution in [3.05, 3.63) is 47.8 Å². The van der Waals surface area contributed by atoms with Gasteiger partial charge < -0.3 is 19.7 Å². The van der Waals surface area contributed by atoms with Gasteiger partial charge in [0.2, 0.25) is 0 Å². The molecule has 2 N–H and O–H groups in total. The Bertz CT molecular complexity index is 1040. The van der Waals surface area contributed by atoms with Gasteiger partial charge in [0.25, 0.3) is 5.91 Å². The van der Waals surface area contributed by atoms with Crippen molar-refractivity contribution in [2.45, 2.75) is 19.8 Å². The predicted octanol–water partition coefficient (Wildman–Crippen LogP) is 4.53. The van der Waals surface area contributed by atoms with Crippen molar-refractivity contribution < 1.29 is 18.1 Å². The molecule has 1 saturated heterocycles. The van der Waals surface area contributed by atoms with E-state index in [1.807, 2.05) is 4.90 Å². The summed E-state index contributed by atoms with van der Waals surface area (Å²) in [5.74, 6) is -0.875. The summed E-state index contributed by atoms with van der Waals surface area (Å²) >= 11 is 0. The normalized spacial score (nSPS) is 15.0. The van der Waals surface area contributed by atoms with Crippen LogP contribution in [-0.4, -0.2) is 41.1 Å². The molecular formula is C21H22F2N4O2. The van der Waals surface area contributed by atoms with Gasteiger partial charge in [0.1, 0.15) is 5.69 Å². The molecule has 1 aliphatic rings. The first-order valence-corrected chi connectivity index (χ1v) is 9.59. The highest BCUT2D eigenvalue weighted by Crippen LogP contribution is 2.39. The number of hydrogen-bond acceptors (Lipinski definition) is 4. The molecule has 1 aliphatic heterocycles.